The van der Waals surface area contributed by atoms with Gasteiger partial charge in [0.05, 0.1) is 6.54 Å². The third-order valence-corrected chi connectivity index (χ3v) is 0.906. The average molecular weight is 99.1 g/mol. The minimum atomic E-state index is 0.941. The lowest BCUT2D eigenvalue weighted by atomic mass is 10.7. The molecule has 0 amide bonds. The molecule has 2 N–H and O–H groups in total. The minimum absolute atomic E-state index is 0.941. The van der Waals surface area contributed by atoms with Gasteiger partial charge < -0.3 is 5.43 Å². The Labute approximate surface area is 42.9 Å². The molecule has 0 atom stereocenters. The van der Waals surface area contributed by atoms with Gasteiger partial charge in [-0.1, -0.05) is 0 Å². The summed E-state index contributed by atoms with van der Waals surface area (Å²) >= 11 is 0. The highest BCUT2D eigenvalue weighted by Gasteiger charge is 1.97. The number of hydrogen-bond donors (Lipinski definition) is 2. The fraction of sp³-hybridized carbons (Fsp3) is 0.500. The van der Waals surface area contributed by atoms with Gasteiger partial charge in [0.2, 0.25) is 0 Å². The van der Waals surface area contributed by atoms with Gasteiger partial charge in [0.1, 0.15) is 0 Å². The number of hydrazine groups is 2. The molecule has 0 spiro atoms. The summed E-state index contributed by atoms with van der Waals surface area (Å²) in [6, 6.07) is 0. The second kappa shape index (κ2) is 1.95. The maximum atomic E-state index is 2.95. The molecule has 0 aromatic carbocycles. The maximum Gasteiger partial charge on any atom is 0.0536 e. The van der Waals surface area contributed by atoms with Crippen LogP contribution in [0.15, 0.2) is 12.3 Å². The molecule has 0 fully saturated rings. The molecule has 0 saturated heterocycles. The molecular formula is C4H9N3. The Hall–Kier alpha value is -0.540. The largest absolute Gasteiger partial charge is 0.313 e. The summed E-state index contributed by atoms with van der Waals surface area (Å²) in [5.41, 5.74) is 5.87. The van der Waals surface area contributed by atoms with Gasteiger partial charge in [-0.05, 0) is 6.08 Å². The molecule has 0 saturated carbocycles. The van der Waals surface area contributed by atoms with Gasteiger partial charge in [-0.25, -0.2) is 5.43 Å². The zero-order valence-corrected chi connectivity index (χ0v) is 4.31. The molecule has 0 bridgehead atoms. The van der Waals surface area contributed by atoms with Crippen molar-refractivity contribution < 1.29 is 0 Å². The summed E-state index contributed by atoms with van der Waals surface area (Å²) in [6.07, 6.45) is 3.94. The molecule has 7 heavy (non-hydrogen) atoms. The van der Waals surface area contributed by atoms with Crippen LogP contribution in [0.2, 0.25) is 0 Å². The number of nitrogens with zero attached hydrogens (tertiary/aromatic N) is 1. The second-order valence-electron chi connectivity index (χ2n) is 1.37. The van der Waals surface area contributed by atoms with Crippen LogP contribution in [0.3, 0.4) is 0 Å². The van der Waals surface area contributed by atoms with E-state index in [2.05, 4.69) is 10.9 Å². The van der Waals surface area contributed by atoms with E-state index in [1.165, 1.54) is 0 Å². The van der Waals surface area contributed by atoms with Crippen molar-refractivity contribution in [3.8, 4) is 0 Å². The van der Waals surface area contributed by atoms with E-state index in [1.54, 1.807) is 0 Å². The summed E-state index contributed by atoms with van der Waals surface area (Å²) < 4.78 is 0. The molecule has 0 unspecified atom stereocenters. The van der Waals surface area contributed by atoms with Gasteiger partial charge in [-0.15, -0.1) is 0 Å². The smallest absolute Gasteiger partial charge is 0.0536 e. The molecule has 0 aromatic heterocycles. The van der Waals surface area contributed by atoms with Gasteiger partial charge >= 0.3 is 0 Å². The summed E-state index contributed by atoms with van der Waals surface area (Å²) in [6.45, 7) is 0.941. The highest BCUT2D eigenvalue weighted by molar-refractivity contribution is 4.86. The Morgan fingerprint density at radius 3 is 3.00 bits per heavy atom. The Kier molecular flexibility index (Phi) is 1.29. The van der Waals surface area contributed by atoms with Gasteiger partial charge in [-0.3, -0.25) is 0 Å². The molecule has 40 valence electrons. The number of hydrogen-bond acceptors (Lipinski definition) is 3. The summed E-state index contributed by atoms with van der Waals surface area (Å²) in [4.78, 5) is 0. The lowest BCUT2D eigenvalue weighted by Crippen LogP contribution is -2.39. The normalized spacial score (nSPS) is 20.1. The summed E-state index contributed by atoms with van der Waals surface area (Å²) in [5, 5.41) is 1.88. The van der Waals surface area contributed by atoms with E-state index in [0.717, 1.165) is 6.54 Å². The van der Waals surface area contributed by atoms with Crippen LogP contribution in [0.1, 0.15) is 0 Å². The van der Waals surface area contributed by atoms with Crippen molar-refractivity contribution in [2.45, 2.75) is 0 Å². The van der Waals surface area contributed by atoms with Gasteiger partial charge in [-0.2, -0.15) is 5.12 Å². The van der Waals surface area contributed by atoms with Crippen LogP contribution >= 0.6 is 0 Å². The Morgan fingerprint density at radius 1 is 1.86 bits per heavy atom. The van der Waals surface area contributed by atoms with Gasteiger partial charge in [0.25, 0.3) is 0 Å². The lowest BCUT2D eigenvalue weighted by molar-refractivity contribution is 0.197. The van der Waals surface area contributed by atoms with Gasteiger partial charge in [0.15, 0.2) is 0 Å². The first kappa shape index (κ1) is 4.61. The standard InChI is InChI=1S/C4H9N3/c1-5-7-4-2-3-6-7/h2-3,5-6H,4H2,1H3. The lowest BCUT2D eigenvalue weighted by Gasteiger charge is -2.11. The van der Waals surface area contributed by atoms with Crippen molar-refractivity contribution in [2.24, 2.45) is 0 Å². The zero-order chi connectivity index (χ0) is 5.11. The number of rotatable bonds is 1. The summed E-state index contributed by atoms with van der Waals surface area (Å²) in [7, 11) is 1.88. The SMILES string of the molecule is CNN1CC=CN1. The van der Waals surface area contributed by atoms with Crippen LogP contribution in [0.4, 0.5) is 0 Å². The van der Waals surface area contributed by atoms with E-state index in [9.17, 15) is 0 Å². The van der Waals surface area contributed by atoms with Crippen molar-refractivity contribution in [3.63, 3.8) is 0 Å². The first-order valence-electron chi connectivity index (χ1n) is 2.29. The monoisotopic (exact) mass is 99.1 g/mol. The first-order valence-corrected chi connectivity index (χ1v) is 2.29. The van der Waals surface area contributed by atoms with E-state index in [-0.39, 0.29) is 0 Å². The van der Waals surface area contributed by atoms with Gasteiger partial charge in [0, 0.05) is 13.2 Å². The van der Waals surface area contributed by atoms with Crippen molar-refractivity contribution >= 4 is 0 Å². The molecule has 3 heteroatoms. The Morgan fingerprint density at radius 2 is 2.71 bits per heavy atom. The predicted molar refractivity (Wildman–Crippen MR) is 28.0 cm³/mol. The molecule has 0 aliphatic carbocycles. The van der Waals surface area contributed by atoms with Crippen molar-refractivity contribution in [1.29, 1.82) is 0 Å². The molecule has 1 rings (SSSR count). The van der Waals surface area contributed by atoms with Crippen molar-refractivity contribution in [1.82, 2.24) is 16.0 Å². The predicted octanol–water partition coefficient (Wildman–Crippen LogP) is -0.545. The van der Waals surface area contributed by atoms with E-state index in [0.29, 0.717) is 0 Å². The fourth-order valence-electron chi connectivity index (χ4n) is 0.509. The van der Waals surface area contributed by atoms with Crippen LogP contribution in [0.5, 0.6) is 0 Å². The van der Waals surface area contributed by atoms with E-state index in [4.69, 9.17) is 0 Å². The van der Waals surface area contributed by atoms with E-state index < -0.39 is 0 Å². The highest BCUT2D eigenvalue weighted by atomic mass is 15.7. The maximum absolute atomic E-state index is 2.95. The van der Waals surface area contributed by atoms with Crippen LogP contribution in [-0.2, 0) is 0 Å². The van der Waals surface area contributed by atoms with Crippen molar-refractivity contribution in [3.05, 3.63) is 12.3 Å². The third-order valence-electron chi connectivity index (χ3n) is 0.906. The average Bonchev–Trinajstić information content (AvgIpc) is 2.14. The Balaban J connectivity index is 2.22. The van der Waals surface area contributed by atoms with Crippen LogP contribution in [0.25, 0.3) is 0 Å². The first-order chi connectivity index (χ1) is 3.43. The summed E-state index contributed by atoms with van der Waals surface area (Å²) in [5.74, 6) is 0. The molecule has 3 nitrogen and oxygen atoms in total. The zero-order valence-electron chi connectivity index (χ0n) is 4.31. The Bertz CT molecular complexity index is 71.0. The van der Waals surface area contributed by atoms with Crippen LogP contribution in [-0.4, -0.2) is 18.7 Å². The topological polar surface area (TPSA) is 27.3 Å². The third kappa shape index (κ3) is 0.913. The van der Waals surface area contributed by atoms with Crippen molar-refractivity contribution in [2.75, 3.05) is 13.6 Å². The quantitative estimate of drug-likeness (QED) is 0.462. The van der Waals surface area contributed by atoms with Crippen LogP contribution < -0.4 is 10.9 Å². The van der Waals surface area contributed by atoms with Crippen LogP contribution in [0, 0.1) is 0 Å². The minimum Gasteiger partial charge on any atom is -0.313 e. The highest BCUT2D eigenvalue weighted by Crippen LogP contribution is 1.83. The molecule has 1 aliphatic rings. The fourth-order valence-corrected chi connectivity index (χ4v) is 0.509. The van der Waals surface area contributed by atoms with E-state index in [1.807, 2.05) is 24.4 Å². The number of nitrogens with one attached hydrogen (secondary N) is 2. The molecule has 1 heterocycles. The molecule has 0 aromatic rings. The second-order valence-corrected chi connectivity index (χ2v) is 1.37. The molecule has 0 radical (unpaired) electrons. The van der Waals surface area contributed by atoms with E-state index >= 15 is 0 Å². The molecule has 1 aliphatic heterocycles. The molecular weight excluding hydrogens is 90.1 g/mol.